The number of nitrogens with zero attached hydrogens (tertiary/aromatic N) is 1. The highest BCUT2D eigenvalue weighted by Crippen LogP contribution is 2.40. The fourth-order valence-corrected chi connectivity index (χ4v) is 3.93. The van der Waals surface area contributed by atoms with Gasteiger partial charge >= 0.3 is 0 Å². The summed E-state index contributed by atoms with van der Waals surface area (Å²) in [5.41, 5.74) is 3.09. The Balaban J connectivity index is 1.88. The molecule has 0 radical (unpaired) electrons. The van der Waals surface area contributed by atoms with E-state index in [2.05, 4.69) is 5.43 Å². The third-order valence-electron chi connectivity index (χ3n) is 4.07. The number of nitrogens with one attached hydrogen (secondary N) is 1. The Morgan fingerprint density at radius 1 is 0.952 bits per heavy atom. The molecule has 3 rings (SSSR count). The van der Waals surface area contributed by atoms with E-state index in [1.54, 1.807) is 0 Å². The second-order valence-electron chi connectivity index (χ2n) is 5.37. The standard InChI is InChI=1S/C14H13Cl3N2O2/c15-7-5-10(16)12(11(17)6-7)18-19-13(20)8-3-1-2-4-9(8)14(19)21/h5-6,8-9,18H,1-4H2/t8-,9+. The molecule has 7 heteroatoms. The molecule has 2 amide bonds. The predicted octanol–water partition coefficient (Wildman–Crippen LogP) is 4.15. The second-order valence-corrected chi connectivity index (χ2v) is 6.62. The Morgan fingerprint density at radius 3 is 1.90 bits per heavy atom. The molecular weight excluding hydrogens is 335 g/mol. The normalized spacial score (nSPS) is 25.2. The number of hydrogen-bond acceptors (Lipinski definition) is 3. The minimum atomic E-state index is -0.219. The number of fused-ring (bicyclic) bond motifs is 1. The molecule has 0 spiro atoms. The number of imide groups is 1. The quantitative estimate of drug-likeness (QED) is 0.818. The third-order valence-corrected chi connectivity index (χ3v) is 4.89. The molecule has 0 aromatic heterocycles. The highest BCUT2D eigenvalue weighted by molar-refractivity contribution is 6.41. The maximum absolute atomic E-state index is 12.4. The summed E-state index contributed by atoms with van der Waals surface area (Å²) in [6.07, 6.45) is 3.48. The summed E-state index contributed by atoms with van der Waals surface area (Å²) in [7, 11) is 0. The molecular formula is C14H13Cl3N2O2. The molecule has 1 saturated heterocycles. The number of benzene rings is 1. The van der Waals surface area contributed by atoms with Gasteiger partial charge in [0.05, 0.1) is 27.6 Å². The zero-order chi connectivity index (χ0) is 15.1. The number of amides is 2. The van der Waals surface area contributed by atoms with Crippen LogP contribution in [0.15, 0.2) is 12.1 Å². The minimum Gasteiger partial charge on any atom is -0.286 e. The van der Waals surface area contributed by atoms with Gasteiger partial charge in [0.2, 0.25) is 0 Å². The fourth-order valence-electron chi connectivity index (χ4n) is 3.03. The molecule has 1 aromatic rings. The van der Waals surface area contributed by atoms with Gasteiger partial charge in [0.15, 0.2) is 0 Å². The van der Waals surface area contributed by atoms with Crippen molar-refractivity contribution in [2.75, 3.05) is 5.43 Å². The lowest BCUT2D eigenvalue weighted by Gasteiger charge is -2.19. The third kappa shape index (κ3) is 2.60. The maximum Gasteiger partial charge on any atom is 0.252 e. The number of hydrazine groups is 1. The van der Waals surface area contributed by atoms with E-state index >= 15 is 0 Å². The maximum atomic E-state index is 12.4. The zero-order valence-electron chi connectivity index (χ0n) is 11.0. The van der Waals surface area contributed by atoms with Crippen molar-refractivity contribution in [3.8, 4) is 0 Å². The average molecular weight is 348 g/mol. The lowest BCUT2D eigenvalue weighted by Crippen LogP contribution is -2.36. The summed E-state index contributed by atoms with van der Waals surface area (Å²) < 4.78 is 0. The first kappa shape index (κ1) is 14.9. The van der Waals surface area contributed by atoms with Crippen molar-refractivity contribution < 1.29 is 9.59 Å². The summed E-state index contributed by atoms with van der Waals surface area (Å²) in [6.45, 7) is 0. The van der Waals surface area contributed by atoms with Crippen molar-refractivity contribution in [3.63, 3.8) is 0 Å². The molecule has 1 aliphatic heterocycles. The highest BCUT2D eigenvalue weighted by atomic mass is 35.5. The van der Waals surface area contributed by atoms with Crippen LogP contribution in [0, 0.1) is 11.8 Å². The van der Waals surface area contributed by atoms with Crippen LogP contribution in [0.1, 0.15) is 25.7 Å². The van der Waals surface area contributed by atoms with Gasteiger partial charge in [-0.25, -0.2) is 0 Å². The fraction of sp³-hybridized carbons (Fsp3) is 0.429. The topological polar surface area (TPSA) is 49.4 Å². The number of anilines is 1. The van der Waals surface area contributed by atoms with Gasteiger partial charge in [-0.2, -0.15) is 5.01 Å². The molecule has 1 saturated carbocycles. The van der Waals surface area contributed by atoms with Crippen molar-refractivity contribution in [2.45, 2.75) is 25.7 Å². The van der Waals surface area contributed by atoms with E-state index in [0.29, 0.717) is 10.7 Å². The van der Waals surface area contributed by atoms with Gasteiger partial charge in [0.25, 0.3) is 11.8 Å². The number of carbonyl (C=O) groups is 2. The smallest absolute Gasteiger partial charge is 0.252 e. The number of rotatable bonds is 2. The first-order valence-corrected chi connectivity index (χ1v) is 7.91. The summed E-state index contributed by atoms with van der Waals surface area (Å²) in [5, 5.41) is 1.98. The summed E-state index contributed by atoms with van der Waals surface area (Å²) in [5.74, 6) is -0.842. The van der Waals surface area contributed by atoms with Crippen LogP contribution in [0.4, 0.5) is 5.69 Å². The van der Waals surface area contributed by atoms with E-state index in [-0.39, 0.29) is 33.7 Å². The average Bonchev–Trinajstić information content (AvgIpc) is 2.67. The summed E-state index contributed by atoms with van der Waals surface area (Å²) in [4.78, 5) is 24.7. The van der Waals surface area contributed by atoms with Crippen molar-refractivity contribution >= 4 is 52.3 Å². The first-order valence-electron chi connectivity index (χ1n) is 6.78. The molecule has 1 heterocycles. The molecule has 21 heavy (non-hydrogen) atoms. The first-order chi connectivity index (χ1) is 9.99. The lowest BCUT2D eigenvalue weighted by atomic mass is 9.81. The van der Waals surface area contributed by atoms with Crippen LogP contribution in [0.3, 0.4) is 0 Å². The van der Waals surface area contributed by atoms with E-state index in [1.807, 2.05) is 0 Å². The summed E-state index contributed by atoms with van der Waals surface area (Å²) in [6, 6.07) is 3.02. The van der Waals surface area contributed by atoms with Crippen LogP contribution >= 0.6 is 34.8 Å². The van der Waals surface area contributed by atoms with Gasteiger partial charge in [0, 0.05) is 5.02 Å². The van der Waals surface area contributed by atoms with Crippen molar-refractivity contribution in [1.82, 2.24) is 5.01 Å². The second kappa shape index (κ2) is 5.67. The number of halogens is 3. The Morgan fingerprint density at radius 2 is 1.43 bits per heavy atom. The summed E-state index contributed by atoms with van der Waals surface area (Å²) >= 11 is 18.0. The van der Waals surface area contributed by atoms with Crippen molar-refractivity contribution in [1.29, 1.82) is 0 Å². The molecule has 4 nitrogen and oxygen atoms in total. The molecule has 1 aromatic carbocycles. The number of hydrogen-bond donors (Lipinski definition) is 1. The minimum absolute atomic E-state index is 0.202. The molecule has 2 fully saturated rings. The SMILES string of the molecule is O=C1[C@H]2CCCC[C@H]2C(=O)N1Nc1c(Cl)cc(Cl)cc1Cl. The predicted molar refractivity (Wildman–Crippen MR) is 82.4 cm³/mol. The van der Waals surface area contributed by atoms with Gasteiger partial charge < -0.3 is 0 Å². The molecule has 0 unspecified atom stereocenters. The Hall–Kier alpha value is -0.970. The molecule has 112 valence electrons. The Kier molecular flexibility index (Phi) is 4.04. The molecule has 2 aliphatic rings. The van der Waals surface area contributed by atoms with E-state index < -0.39 is 0 Å². The Labute approximate surface area is 137 Å². The van der Waals surface area contributed by atoms with Gasteiger partial charge in [-0.15, -0.1) is 0 Å². The van der Waals surface area contributed by atoms with Crippen LogP contribution in [0.5, 0.6) is 0 Å². The van der Waals surface area contributed by atoms with E-state index in [9.17, 15) is 9.59 Å². The van der Waals surface area contributed by atoms with Gasteiger partial charge in [0.1, 0.15) is 0 Å². The van der Waals surface area contributed by atoms with Crippen LogP contribution in [0.2, 0.25) is 15.1 Å². The van der Waals surface area contributed by atoms with Crippen LogP contribution in [-0.4, -0.2) is 16.8 Å². The highest BCUT2D eigenvalue weighted by Gasteiger charge is 2.48. The largest absolute Gasteiger partial charge is 0.286 e. The van der Waals surface area contributed by atoms with Crippen LogP contribution < -0.4 is 5.43 Å². The molecule has 1 aliphatic carbocycles. The van der Waals surface area contributed by atoms with Gasteiger partial charge in [-0.1, -0.05) is 47.6 Å². The molecule has 2 atom stereocenters. The monoisotopic (exact) mass is 346 g/mol. The number of carbonyl (C=O) groups excluding carboxylic acids is 2. The van der Waals surface area contributed by atoms with Gasteiger partial charge in [-0.05, 0) is 25.0 Å². The van der Waals surface area contributed by atoms with Crippen LogP contribution in [-0.2, 0) is 9.59 Å². The van der Waals surface area contributed by atoms with Crippen molar-refractivity contribution in [2.24, 2.45) is 11.8 Å². The van der Waals surface area contributed by atoms with Crippen molar-refractivity contribution in [3.05, 3.63) is 27.2 Å². The van der Waals surface area contributed by atoms with E-state index in [1.165, 1.54) is 12.1 Å². The molecule has 1 N–H and O–H groups in total. The zero-order valence-corrected chi connectivity index (χ0v) is 13.3. The van der Waals surface area contributed by atoms with Gasteiger partial charge in [-0.3, -0.25) is 15.0 Å². The van der Waals surface area contributed by atoms with Crippen LogP contribution in [0.25, 0.3) is 0 Å². The van der Waals surface area contributed by atoms with E-state index in [0.717, 1.165) is 30.7 Å². The Bertz CT molecular complexity index is 573. The molecule has 0 bridgehead atoms. The lowest BCUT2D eigenvalue weighted by molar-refractivity contribution is -0.138. The van der Waals surface area contributed by atoms with E-state index in [4.69, 9.17) is 34.8 Å².